The van der Waals surface area contributed by atoms with Crippen molar-refractivity contribution in [2.24, 2.45) is 0 Å². The number of anilines is 1. The summed E-state index contributed by atoms with van der Waals surface area (Å²) in [4.78, 5) is 0.201. The fourth-order valence-electron chi connectivity index (χ4n) is 1.74. The first-order valence-corrected chi connectivity index (χ1v) is 7.18. The molecule has 0 aromatic heterocycles. The van der Waals surface area contributed by atoms with Crippen molar-refractivity contribution in [2.45, 2.75) is 16.8 Å². The van der Waals surface area contributed by atoms with Crippen molar-refractivity contribution in [1.82, 2.24) is 0 Å². The van der Waals surface area contributed by atoms with E-state index in [1.54, 1.807) is 0 Å². The van der Waals surface area contributed by atoms with Gasteiger partial charge in [-0.1, -0.05) is 12.1 Å². The van der Waals surface area contributed by atoms with Crippen LogP contribution in [0.25, 0.3) is 0 Å². The van der Waals surface area contributed by atoms with Gasteiger partial charge in [-0.3, -0.25) is 4.21 Å². The van der Waals surface area contributed by atoms with Crippen LogP contribution in [0.3, 0.4) is 0 Å². The Hall–Kier alpha value is -1.89. The van der Waals surface area contributed by atoms with Crippen LogP contribution in [0.5, 0.6) is 0 Å². The summed E-state index contributed by atoms with van der Waals surface area (Å²) in [6, 6.07) is 7.92. The molecule has 112 valence electrons. The molecule has 0 saturated heterocycles. The number of rotatable bonds is 3. The Bertz CT molecular complexity index is 647. The molecule has 2 aromatic carbocycles. The fourth-order valence-corrected chi connectivity index (χ4v) is 2.91. The van der Waals surface area contributed by atoms with Crippen LogP contribution in [0, 0.1) is 5.82 Å². The van der Waals surface area contributed by atoms with Crippen molar-refractivity contribution in [3.8, 4) is 0 Å². The first-order chi connectivity index (χ1) is 9.75. The van der Waals surface area contributed by atoms with Crippen molar-refractivity contribution < 1.29 is 21.8 Å². The van der Waals surface area contributed by atoms with Gasteiger partial charge in [-0.05, 0) is 35.9 Å². The highest BCUT2D eigenvalue weighted by molar-refractivity contribution is 7.84. The molecular weight excluding hydrogens is 306 g/mol. The second-order valence-electron chi connectivity index (χ2n) is 4.40. The number of nitrogens with two attached hydrogens (primary N) is 1. The van der Waals surface area contributed by atoms with E-state index >= 15 is 0 Å². The van der Waals surface area contributed by atoms with Gasteiger partial charge in [0.15, 0.2) is 0 Å². The van der Waals surface area contributed by atoms with Crippen LogP contribution < -0.4 is 5.73 Å². The molecule has 2 rings (SSSR count). The van der Waals surface area contributed by atoms with Crippen LogP contribution in [0.2, 0.25) is 0 Å². The number of hydrogen-bond donors (Lipinski definition) is 1. The number of benzene rings is 2. The number of nitrogen functional groups attached to an aromatic ring is 1. The Balaban J connectivity index is 2.16. The molecule has 0 spiro atoms. The van der Waals surface area contributed by atoms with Crippen LogP contribution in [-0.4, -0.2) is 4.21 Å². The minimum atomic E-state index is -4.41. The van der Waals surface area contributed by atoms with Crippen LogP contribution in [0.1, 0.15) is 11.1 Å². The van der Waals surface area contributed by atoms with E-state index < -0.39 is 28.4 Å². The Morgan fingerprint density at radius 3 is 2.19 bits per heavy atom. The topological polar surface area (TPSA) is 43.1 Å². The van der Waals surface area contributed by atoms with Crippen LogP contribution in [0.15, 0.2) is 47.4 Å². The molecular formula is C14H11F4NOS. The largest absolute Gasteiger partial charge is 0.416 e. The van der Waals surface area contributed by atoms with Crippen molar-refractivity contribution in [2.75, 3.05) is 5.73 Å². The molecule has 0 bridgehead atoms. The van der Waals surface area contributed by atoms with Gasteiger partial charge >= 0.3 is 6.18 Å². The van der Waals surface area contributed by atoms with Crippen LogP contribution >= 0.6 is 0 Å². The standard InChI is InChI=1S/C14H11F4NOS/c15-11-5-12(19)7-13(6-11)21(20)8-9-1-3-10(4-2-9)14(16,17)18/h1-7H,8,19H2. The number of halogens is 4. The van der Waals surface area contributed by atoms with Gasteiger partial charge in [-0.25, -0.2) is 4.39 Å². The minimum Gasteiger partial charge on any atom is -0.399 e. The van der Waals surface area contributed by atoms with E-state index in [2.05, 4.69) is 0 Å². The summed E-state index contributed by atoms with van der Waals surface area (Å²) in [7, 11) is -1.58. The summed E-state index contributed by atoms with van der Waals surface area (Å²) in [6.45, 7) is 0. The van der Waals surface area contributed by atoms with E-state index in [4.69, 9.17) is 5.73 Å². The molecule has 0 heterocycles. The van der Waals surface area contributed by atoms with Crippen molar-refractivity contribution in [3.63, 3.8) is 0 Å². The lowest BCUT2D eigenvalue weighted by molar-refractivity contribution is -0.137. The molecule has 1 atom stereocenters. The summed E-state index contributed by atoms with van der Waals surface area (Å²) in [5.41, 5.74) is 5.29. The van der Waals surface area contributed by atoms with Crippen molar-refractivity contribution in [3.05, 3.63) is 59.4 Å². The van der Waals surface area contributed by atoms with E-state index in [9.17, 15) is 21.8 Å². The predicted molar refractivity (Wildman–Crippen MR) is 72.4 cm³/mol. The first-order valence-electron chi connectivity index (χ1n) is 5.86. The molecule has 2 nitrogen and oxygen atoms in total. The molecule has 21 heavy (non-hydrogen) atoms. The van der Waals surface area contributed by atoms with Gasteiger partial charge in [0.1, 0.15) is 5.82 Å². The second kappa shape index (κ2) is 5.85. The molecule has 2 aromatic rings. The first kappa shape index (κ1) is 15.5. The van der Waals surface area contributed by atoms with Crippen LogP contribution in [-0.2, 0) is 22.7 Å². The average Bonchev–Trinajstić information content (AvgIpc) is 2.37. The summed E-state index contributed by atoms with van der Waals surface area (Å²) >= 11 is 0. The highest BCUT2D eigenvalue weighted by atomic mass is 32.2. The van der Waals surface area contributed by atoms with E-state index in [0.717, 1.165) is 24.3 Å². The molecule has 0 amide bonds. The lowest BCUT2D eigenvalue weighted by Gasteiger charge is -2.08. The third-order valence-electron chi connectivity index (χ3n) is 2.74. The van der Waals surface area contributed by atoms with Gasteiger partial charge in [0.2, 0.25) is 0 Å². The van der Waals surface area contributed by atoms with Gasteiger partial charge in [0, 0.05) is 10.6 Å². The molecule has 0 saturated carbocycles. The maximum Gasteiger partial charge on any atom is 0.416 e. The zero-order valence-corrected chi connectivity index (χ0v) is 11.5. The van der Waals surface area contributed by atoms with E-state index in [1.807, 2.05) is 0 Å². The molecule has 0 aliphatic rings. The maximum absolute atomic E-state index is 13.2. The van der Waals surface area contributed by atoms with Gasteiger partial charge < -0.3 is 5.73 Å². The lowest BCUT2D eigenvalue weighted by Crippen LogP contribution is -2.05. The molecule has 7 heteroatoms. The third kappa shape index (κ3) is 4.04. The SMILES string of the molecule is Nc1cc(F)cc(S(=O)Cc2ccc(C(F)(F)F)cc2)c1. The van der Waals surface area contributed by atoms with Crippen molar-refractivity contribution in [1.29, 1.82) is 0 Å². The zero-order valence-electron chi connectivity index (χ0n) is 10.7. The predicted octanol–water partition coefficient (Wildman–Crippen LogP) is 3.73. The summed E-state index contributed by atoms with van der Waals surface area (Å²) < 4.78 is 62.5. The fraction of sp³-hybridized carbons (Fsp3) is 0.143. The van der Waals surface area contributed by atoms with Gasteiger partial charge in [0.25, 0.3) is 0 Å². The van der Waals surface area contributed by atoms with Gasteiger partial charge in [0.05, 0.1) is 22.1 Å². The lowest BCUT2D eigenvalue weighted by atomic mass is 10.1. The van der Waals surface area contributed by atoms with Gasteiger partial charge in [-0.2, -0.15) is 13.2 Å². The Labute approximate surface area is 121 Å². The van der Waals surface area contributed by atoms with Crippen molar-refractivity contribution >= 4 is 16.5 Å². The molecule has 2 N–H and O–H groups in total. The Kier molecular flexibility index (Phi) is 4.32. The molecule has 0 radical (unpaired) electrons. The minimum absolute atomic E-state index is 0.0129. The smallest absolute Gasteiger partial charge is 0.399 e. The summed E-state index contributed by atoms with van der Waals surface area (Å²) in [6.07, 6.45) is -4.41. The highest BCUT2D eigenvalue weighted by Crippen LogP contribution is 2.29. The Morgan fingerprint density at radius 2 is 1.67 bits per heavy atom. The highest BCUT2D eigenvalue weighted by Gasteiger charge is 2.29. The number of alkyl halides is 3. The maximum atomic E-state index is 13.2. The zero-order chi connectivity index (χ0) is 15.6. The molecule has 0 aliphatic carbocycles. The second-order valence-corrected chi connectivity index (χ2v) is 5.86. The quantitative estimate of drug-likeness (QED) is 0.692. The van der Waals surface area contributed by atoms with E-state index in [0.29, 0.717) is 5.56 Å². The van der Waals surface area contributed by atoms with Crippen LogP contribution in [0.4, 0.5) is 23.2 Å². The molecule has 1 unspecified atom stereocenters. The van der Waals surface area contributed by atoms with Gasteiger partial charge in [-0.15, -0.1) is 0 Å². The number of hydrogen-bond acceptors (Lipinski definition) is 2. The summed E-state index contributed by atoms with van der Waals surface area (Å²) in [5, 5.41) is 0. The molecule has 0 fully saturated rings. The Morgan fingerprint density at radius 1 is 1.05 bits per heavy atom. The average molecular weight is 317 g/mol. The summed E-state index contributed by atoms with van der Waals surface area (Å²) in [5.74, 6) is -0.619. The molecule has 0 aliphatic heterocycles. The third-order valence-corrected chi connectivity index (χ3v) is 4.09. The monoisotopic (exact) mass is 317 g/mol. The van der Waals surface area contributed by atoms with E-state index in [-0.39, 0.29) is 16.3 Å². The van der Waals surface area contributed by atoms with E-state index in [1.165, 1.54) is 18.2 Å². The normalized spacial score (nSPS) is 13.1.